The standard InChI is InChI=1S/C21H23N3O3/c1-13-7-8-16(24-21(25)19(26-2)14-9-10-27-12-14)15(11-13)20-22-17-5-3-4-6-18(17)23-20/h3-8,11,14,19H,9-10,12H2,1-2H3,(H,22,23)(H,24,25). The first-order valence-corrected chi connectivity index (χ1v) is 9.13. The number of hydrogen-bond acceptors (Lipinski definition) is 4. The summed E-state index contributed by atoms with van der Waals surface area (Å²) in [5, 5.41) is 3.03. The van der Waals surface area contributed by atoms with Crippen molar-refractivity contribution >= 4 is 22.6 Å². The number of rotatable bonds is 5. The van der Waals surface area contributed by atoms with Crippen LogP contribution in [0, 0.1) is 12.8 Å². The highest BCUT2D eigenvalue weighted by Gasteiger charge is 2.31. The maximum absolute atomic E-state index is 12.8. The van der Waals surface area contributed by atoms with Crippen molar-refractivity contribution in [3.05, 3.63) is 48.0 Å². The zero-order valence-corrected chi connectivity index (χ0v) is 15.5. The fourth-order valence-electron chi connectivity index (χ4n) is 3.55. The first kappa shape index (κ1) is 17.7. The van der Waals surface area contributed by atoms with Crippen molar-refractivity contribution in [1.29, 1.82) is 0 Å². The molecule has 1 amide bonds. The van der Waals surface area contributed by atoms with E-state index in [9.17, 15) is 4.79 Å². The van der Waals surface area contributed by atoms with Gasteiger partial charge in [0.2, 0.25) is 0 Å². The summed E-state index contributed by atoms with van der Waals surface area (Å²) in [5.74, 6) is 0.651. The van der Waals surface area contributed by atoms with Crippen molar-refractivity contribution in [3.63, 3.8) is 0 Å². The molecule has 27 heavy (non-hydrogen) atoms. The third-order valence-corrected chi connectivity index (χ3v) is 4.98. The van der Waals surface area contributed by atoms with Crippen LogP contribution in [0.3, 0.4) is 0 Å². The second-order valence-corrected chi connectivity index (χ2v) is 6.92. The Hall–Kier alpha value is -2.70. The summed E-state index contributed by atoms with van der Waals surface area (Å²) in [5.41, 5.74) is 4.52. The number of carbonyl (C=O) groups excluding carboxylic acids is 1. The van der Waals surface area contributed by atoms with Gasteiger partial charge in [-0.15, -0.1) is 0 Å². The van der Waals surface area contributed by atoms with Crippen LogP contribution in [0.25, 0.3) is 22.4 Å². The average Bonchev–Trinajstić information content (AvgIpc) is 3.33. The molecule has 140 valence electrons. The lowest BCUT2D eigenvalue weighted by Gasteiger charge is -2.21. The van der Waals surface area contributed by atoms with Crippen LogP contribution < -0.4 is 5.32 Å². The van der Waals surface area contributed by atoms with Gasteiger partial charge in [0, 0.05) is 25.2 Å². The van der Waals surface area contributed by atoms with E-state index in [0.29, 0.717) is 18.9 Å². The summed E-state index contributed by atoms with van der Waals surface area (Å²) in [6.07, 6.45) is 0.299. The van der Waals surface area contributed by atoms with Crippen LogP contribution >= 0.6 is 0 Å². The highest BCUT2D eigenvalue weighted by molar-refractivity contribution is 5.98. The quantitative estimate of drug-likeness (QED) is 0.725. The van der Waals surface area contributed by atoms with E-state index >= 15 is 0 Å². The average molecular weight is 365 g/mol. The van der Waals surface area contributed by atoms with Crippen molar-refractivity contribution in [1.82, 2.24) is 9.97 Å². The van der Waals surface area contributed by atoms with E-state index < -0.39 is 6.10 Å². The molecule has 0 radical (unpaired) electrons. The van der Waals surface area contributed by atoms with Gasteiger partial charge in [-0.2, -0.15) is 0 Å². The Morgan fingerprint density at radius 3 is 2.93 bits per heavy atom. The van der Waals surface area contributed by atoms with Gasteiger partial charge in [0.05, 0.1) is 23.3 Å². The van der Waals surface area contributed by atoms with Gasteiger partial charge in [0.25, 0.3) is 5.91 Å². The molecule has 4 rings (SSSR count). The molecule has 0 bridgehead atoms. The van der Waals surface area contributed by atoms with E-state index in [1.807, 2.05) is 49.4 Å². The Morgan fingerprint density at radius 2 is 2.19 bits per heavy atom. The number of para-hydroxylation sites is 2. The number of amides is 1. The van der Waals surface area contributed by atoms with Crippen LogP contribution in [0.5, 0.6) is 0 Å². The van der Waals surface area contributed by atoms with Gasteiger partial charge in [0.1, 0.15) is 11.9 Å². The molecular formula is C21H23N3O3. The minimum Gasteiger partial charge on any atom is -0.381 e. The fourth-order valence-corrected chi connectivity index (χ4v) is 3.55. The van der Waals surface area contributed by atoms with E-state index in [0.717, 1.165) is 34.4 Å². The number of nitrogens with zero attached hydrogens (tertiary/aromatic N) is 1. The van der Waals surface area contributed by atoms with Crippen LogP contribution in [0.1, 0.15) is 12.0 Å². The topological polar surface area (TPSA) is 76.2 Å². The van der Waals surface area contributed by atoms with Gasteiger partial charge in [-0.1, -0.05) is 23.8 Å². The summed E-state index contributed by atoms with van der Waals surface area (Å²) in [6.45, 7) is 3.24. The second kappa shape index (κ2) is 7.50. The molecule has 3 aromatic rings. The molecule has 0 aliphatic carbocycles. The number of carbonyl (C=O) groups is 1. The molecule has 1 aliphatic heterocycles. The zero-order valence-electron chi connectivity index (χ0n) is 15.5. The number of H-pyrrole nitrogens is 1. The van der Waals surface area contributed by atoms with Gasteiger partial charge in [-0.3, -0.25) is 4.79 Å². The lowest BCUT2D eigenvalue weighted by atomic mass is 10.0. The number of benzene rings is 2. The normalized spacial score (nSPS) is 17.9. The summed E-state index contributed by atoms with van der Waals surface area (Å²) >= 11 is 0. The molecule has 1 aliphatic rings. The Bertz CT molecular complexity index is 927. The smallest absolute Gasteiger partial charge is 0.253 e. The number of methoxy groups -OCH3 is 1. The number of ether oxygens (including phenoxy) is 2. The summed E-state index contributed by atoms with van der Waals surface area (Å²) in [6, 6.07) is 13.8. The Morgan fingerprint density at radius 1 is 1.33 bits per heavy atom. The van der Waals surface area contributed by atoms with Crippen molar-refractivity contribution in [2.75, 3.05) is 25.6 Å². The van der Waals surface area contributed by atoms with E-state index in [1.54, 1.807) is 7.11 Å². The highest BCUT2D eigenvalue weighted by atomic mass is 16.5. The molecule has 2 aromatic carbocycles. The SMILES string of the molecule is COC(C(=O)Nc1ccc(C)cc1-c1nc2ccccc2[nH]1)C1CCOC1. The first-order valence-electron chi connectivity index (χ1n) is 9.13. The molecule has 1 saturated heterocycles. The summed E-state index contributed by atoms with van der Waals surface area (Å²) in [4.78, 5) is 20.9. The molecule has 2 N–H and O–H groups in total. The number of nitrogens with one attached hydrogen (secondary N) is 2. The molecule has 6 nitrogen and oxygen atoms in total. The third kappa shape index (κ3) is 3.59. The molecule has 2 unspecified atom stereocenters. The van der Waals surface area contributed by atoms with Gasteiger partial charge in [0.15, 0.2) is 0 Å². The van der Waals surface area contributed by atoms with Crippen molar-refractivity contribution < 1.29 is 14.3 Å². The van der Waals surface area contributed by atoms with Gasteiger partial charge < -0.3 is 19.8 Å². The second-order valence-electron chi connectivity index (χ2n) is 6.92. The van der Waals surface area contributed by atoms with E-state index in [4.69, 9.17) is 9.47 Å². The molecule has 2 heterocycles. The Labute approximate surface area is 157 Å². The molecular weight excluding hydrogens is 342 g/mol. The minimum absolute atomic E-state index is 0.0788. The number of fused-ring (bicyclic) bond motifs is 1. The molecule has 0 spiro atoms. The van der Waals surface area contributed by atoms with Gasteiger partial charge in [-0.05, 0) is 37.6 Å². The van der Waals surface area contributed by atoms with E-state index in [1.165, 1.54) is 0 Å². The maximum Gasteiger partial charge on any atom is 0.253 e. The van der Waals surface area contributed by atoms with Crippen molar-refractivity contribution in [3.8, 4) is 11.4 Å². The van der Waals surface area contributed by atoms with Crippen LogP contribution in [0.4, 0.5) is 5.69 Å². The monoisotopic (exact) mass is 365 g/mol. The largest absolute Gasteiger partial charge is 0.381 e. The number of aromatic amines is 1. The lowest BCUT2D eigenvalue weighted by molar-refractivity contribution is -0.128. The predicted octanol–water partition coefficient (Wildman–Crippen LogP) is 3.53. The van der Waals surface area contributed by atoms with Crippen LogP contribution in [-0.2, 0) is 14.3 Å². The zero-order chi connectivity index (χ0) is 18.8. The molecule has 2 atom stereocenters. The third-order valence-electron chi connectivity index (χ3n) is 4.98. The number of anilines is 1. The van der Waals surface area contributed by atoms with Gasteiger partial charge >= 0.3 is 0 Å². The number of imidazole rings is 1. The first-order chi connectivity index (χ1) is 13.2. The van der Waals surface area contributed by atoms with E-state index in [-0.39, 0.29) is 11.8 Å². The molecule has 1 fully saturated rings. The summed E-state index contributed by atoms with van der Waals surface area (Å²) < 4.78 is 10.9. The number of aromatic nitrogens is 2. The molecule has 1 aromatic heterocycles. The number of hydrogen-bond donors (Lipinski definition) is 2. The van der Waals surface area contributed by atoms with Crippen LogP contribution in [0.2, 0.25) is 0 Å². The Kier molecular flexibility index (Phi) is 4.92. The van der Waals surface area contributed by atoms with Crippen molar-refractivity contribution in [2.45, 2.75) is 19.4 Å². The Balaban J connectivity index is 1.65. The van der Waals surface area contributed by atoms with Crippen molar-refractivity contribution in [2.24, 2.45) is 5.92 Å². The predicted molar refractivity (Wildman–Crippen MR) is 105 cm³/mol. The molecule has 0 saturated carbocycles. The highest BCUT2D eigenvalue weighted by Crippen LogP contribution is 2.30. The van der Waals surface area contributed by atoms with Gasteiger partial charge in [-0.25, -0.2) is 4.98 Å². The maximum atomic E-state index is 12.8. The minimum atomic E-state index is -0.530. The van der Waals surface area contributed by atoms with Crippen LogP contribution in [0.15, 0.2) is 42.5 Å². The van der Waals surface area contributed by atoms with E-state index in [2.05, 4.69) is 15.3 Å². The van der Waals surface area contributed by atoms with Crippen LogP contribution in [-0.4, -0.2) is 42.3 Å². The molecule has 6 heteroatoms. The fraction of sp³-hybridized carbons (Fsp3) is 0.333. The number of aryl methyl sites for hydroxylation is 1. The lowest BCUT2D eigenvalue weighted by Crippen LogP contribution is -2.36. The summed E-state index contributed by atoms with van der Waals surface area (Å²) in [7, 11) is 1.57.